The SMILES string of the molecule is COc1ccc2c(c1C(C)C)CC[C@H]1C(C)(C)[C@@H](O)CC(=O)[C@]21C. The molecule has 0 saturated heterocycles. The number of aliphatic hydroxyl groups is 1. The zero-order chi connectivity index (χ0) is 17.9. The lowest BCUT2D eigenvalue weighted by atomic mass is 9.48. The van der Waals surface area contributed by atoms with Gasteiger partial charge in [0.15, 0.2) is 0 Å². The van der Waals surface area contributed by atoms with Crippen LogP contribution in [0.25, 0.3) is 0 Å². The molecule has 3 nitrogen and oxygen atoms in total. The van der Waals surface area contributed by atoms with Crippen molar-refractivity contribution in [2.45, 2.75) is 71.3 Å². The van der Waals surface area contributed by atoms with Crippen LogP contribution < -0.4 is 4.74 Å². The fraction of sp³-hybridized carbons (Fsp3) is 0.667. The molecule has 24 heavy (non-hydrogen) atoms. The molecule has 1 aromatic rings. The molecule has 132 valence electrons. The first-order chi connectivity index (χ1) is 11.2. The van der Waals surface area contributed by atoms with E-state index in [9.17, 15) is 9.90 Å². The van der Waals surface area contributed by atoms with Crippen molar-refractivity contribution in [1.82, 2.24) is 0 Å². The summed E-state index contributed by atoms with van der Waals surface area (Å²) in [5.41, 5.74) is 2.94. The summed E-state index contributed by atoms with van der Waals surface area (Å²) >= 11 is 0. The number of hydrogen-bond donors (Lipinski definition) is 1. The molecule has 3 atom stereocenters. The van der Waals surface area contributed by atoms with Gasteiger partial charge in [0.1, 0.15) is 11.5 Å². The maximum absolute atomic E-state index is 13.1. The van der Waals surface area contributed by atoms with Gasteiger partial charge in [-0.2, -0.15) is 0 Å². The zero-order valence-corrected chi connectivity index (χ0v) is 15.8. The van der Waals surface area contributed by atoms with Crippen LogP contribution in [0.4, 0.5) is 0 Å². The molecule has 1 fully saturated rings. The highest BCUT2D eigenvalue weighted by atomic mass is 16.5. The number of fused-ring (bicyclic) bond motifs is 3. The smallest absolute Gasteiger partial charge is 0.146 e. The minimum atomic E-state index is -0.549. The fourth-order valence-electron chi connectivity index (χ4n) is 5.32. The van der Waals surface area contributed by atoms with Crippen molar-refractivity contribution in [3.05, 3.63) is 28.8 Å². The van der Waals surface area contributed by atoms with Gasteiger partial charge in [0.05, 0.1) is 18.6 Å². The Bertz CT molecular complexity index is 674. The number of hydrogen-bond acceptors (Lipinski definition) is 3. The average molecular weight is 330 g/mol. The normalized spacial score (nSPS) is 31.6. The molecule has 0 spiro atoms. The van der Waals surface area contributed by atoms with E-state index in [1.807, 2.05) is 6.07 Å². The summed E-state index contributed by atoms with van der Waals surface area (Å²) in [4.78, 5) is 13.1. The molecule has 1 aromatic carbocycles. The number of benzene rings is 1. The molecule has 2 aliphatic carbocycles. The highest BCUT2D eigenvalue weighted by Crippen LogP contribution is 2.56. The van der Waals surface area contributed by atoms with Crippen molar-refractivity contribution in [3.8, 4) is 5.75 Å². The number of carbonyl (C=O) groups excluding carboxylic acids is 1. The van der Waals surface area contributed by atoms with E-state index in [1.54, 1.807) is 7.11 Å². The Kier molecular flexibility index (Phi) is 4.07. The second-order valence-corrected chi connectivity index (χ2v) is 8.62. The molecule has 3 rings (SSSR count). The summed E-state index contributed by atoms with van der Waals surface area (Å²) in [6.45, 7) is 10.7. The molecule has 0 heterocycles. The summed E-state index contributed by atoms with van der Waals surface area (Å²) in [5.74, 6) is 1.63. The number of aliphatic hydroxyl groups excluding tert-OH is 1. The molecule has 0 amide bonds. The summed E-state index contributed by atoms with van der Waals surface area (Å²) < 4.78 is 5.60. The van der Waals surface area contributed by atoms with Gasteiger partial charge in [-0.3, -0.25) is 4.79 Å². The van der Waals surface area contributed by atoms with E-state index in [4.69, 9.17) is 4.74 Å². The van der Waals surface area contributed by atoms with Gasteiger partial charge >= 0.3 is 0 Å². The van der Waals surface area contributed by atoms with E-state index in [0.29, 0.717) is 5.92 Å². The second-order valence-electron chi connectivity index (χ2n) is 8.62. The van der Waals surface area contributed by atoms with Gasteiger partial charge in [0.2, 0.25) is 0 Å². The van der Waals surface area contributed by atoms with Crippen LogP contribution in [-0.2, 0) is 16.6 Å². The molecular weight excluding hydrogens is 300 g/mol. The Balaban J connectivity index is 2.24. The molecule has 2 aliphatic rings. The van der Waals surface area contributed by atoms with E-state index in [2.05, 4.69) is 40.7 Å². The topological polar surface area (TPSA) is 46.5 Å². The molecule has 3 heteroatoms. The fourth-order valence-corrected chi connectivity index (χ4v) is 5.32. The lowest BCUT2D eigenvalue weighted by Gasteiger charge is -2.55. The van der Waals surface area contributed by atoms with Crippen molar-refractivity contribution in [2.75, 3.05) is 7.11 Å². The van der Waals surface area contributed by atoms with E-state index in [1.165, 1.54) is 11.1 Å². The predicted octanol–water partition coefficient (Wildman–Crippen LogP) is 4.00. The summed E-state index contributed by atoms with van der Waals surface area (Å²) in [6, 6.07) is 4.12. The van der Waals surface area contributed by atoms with Crippen LogP contribution in [-0.4, -0.2) is 24.1 Å². The second kappa shape index (κ2) is 5.59. The number of ether oxygens (including phenoxy) is 1. The molecule has 0 radical (unpaired) electrons. The van der Waals surface area contributed by atoms with Gasteiger partial charge < -0.3 is 9.84 Å². The van der Waals surface area contributed by atoms with Crippen molar-refractivity contribution in [3.63, 3.8) is 0 Å². The summed E-state index contributed by atoms with van der Waals surface area (Å²) in [6.07, 6.45) is 1.59. The molecule has 0 aliphatic heterocycles. The van der Waals surface area contributed by atoms with Crippen LogP contribution in [0.5, 0.6) is 5.75 Å². The standard InChI is InChI=1S/C21H30O3/c1-12(2)19-13-7-10-16-20(3,4)17(22)11-18(23)21(16,5)14(13)8-9-15(19)24-6/h8-9,12,16-17,22H,7,10-11H2,1-6H3/t16-,17-,21+/m0/s1. The average Bonchev–Trinajstić information content (AvgIpc) is 2.52. The Morgan fingerprint density at radius 3 is 2.50 bits per heavy atom. The van der Waals surface area contributed by atoms with Gasteiger partial charge in [-0.15, -0.1) is 0 Å². The van der Waals surface area contributed by atoms with Crippen LogP contribution in [0.15, 0.2) is 12.1 Å². The molecule has 0 aromatic heterocycles. The third-order valence-electron chi connectivity index (χ3n) is 6.77. The van der Waals surface area contributed by atoms with Gasteiger partial charge in [-0.1, -0.05) is 33.8 Å². The van der Waals surface area contributed by atoms with Gasteiger partial charge in [0, 0.05) is 12.0 Å². The van der Waals surface area contributed by atoms with Crippen LogP contribution >= 0.6 is 0 Å². The van der Waals surface area contributed by atoms with Crippen LogP contribution in [0, 0.1) is 11.3 Å². The zero-order valence-electron chi connectivity index (χ0n) is 15.8. The maximum Gasteiger partial charge on any atom is 0.146 e. The Morgan fingerprint density at radius 2 is 1.92 bits per heavy atom. The van der Waals surface area contributed by atoms with Crippen LogP contribution in [0.1, 0.15) is 70.1 Å². The summed E-state index contributed by atoms with van der Waals surface area (Å²) in [7, 11) is 1.71. The predicted molar refractivity (Wildman–Crippen MR) is 95.7 cm³/mol. The van der Waals surface area contributed by atoms with E-state index in [-0.39, 0.29) is 23.5 Å². The quantitative estimate of drug-likeness (QED) is 0.891. The Labute approximate surface area is 145 Å². The Hall–Kier alpha value is -1.35. The van der Waals surface area contributed by atoms with Crippen molar-refractivity contribution in [1.29, 1.82) is 0 Å². The van der Waals surface area contributed by atoms with Gasteiger partial charge in [-0.25, -0.2) is 0 Å². The lowest BCUT2D eigenvalue weighted by Crippen LogP contribution is -2.58. The monoisotopic (exact) mass is 330 g/mol. The first-order valence-corrected chi connectivity index (χ1v) is 9.07. The Morgan fingerprint density at radius 1 is 1.25 bits per heavy atom. The van der Waals surface area contributed by atoms with E-state index < -0.39 is 11.5 Å². The van der Waals surface area contributed by atoms with Gasteiger partial charge in [-0.05, 0) is 54.2 Å². The molecule has 0 unspecified atom stereocenters. The number of rotatable bonds is 2. The maximum atomic E-state index is 13.1. The third kappa shape index (κ3) is 2.17. The number of ketones is 1. The molecule has 1 saturated carbocycles. The minimum Gasteiger partial charge on any atom is -0.496 e. The van der Waals surface area contributed by atoms with Crippen molar-refractivity contribution in [2.24, 2.45) is 11.3 Å². The first kappa shape index (κ1) is 17.5. The lowest BCUT2D eigenvalue weighted by molar-refractivity contribution is -0.145. The molecule has 0 bridgehead atoms. The number of methoxy groups -OCH3 is 1. The van der Waals surface area contributed by atoms with Gasteiger partial charge in [0.25, 0.3) is 0 Å². The number of Topliss-reactive ketones (excluding diaryl/α,β-unsaturated/α-hetero) is 1. The van der Waals surface area contributed by atoms with Crippen LogP contribution in [0.3, 0.4) is 0 Å². The van der Waals surface area contributed by atoms with E-state index in [0.717, 1.165) is 24.2 Å². The van der Waals surface area contributed by atoms with Crippen LogP contribution in [0.2, 0.25) is 0 Å². The third-order valence-corrected chi connectivity index (χ3v) is 6.77. The first-order valence-electron chi connectivity index (χ1n) is 9.07. The molecular formula is C21H30O3. The van der Waals surface area contributed by atoms with Crippen molar-refractivity contribution >= 4 is 5.78 Å². The highest BCUT2D eigenvalue weighted by molar-refractivity contribution is 5.92. The van der Waals surface area contributed by atoms with E-state index >= 15 is 0 Å². The highest BCUT2D eigenvalue weighted by Gasteiger charge is 2.58. The largest absolute Gasteiger partial charge is 0.496 e. The van der Waals surface area contributed by atoms with Crippen molar-refractivity contribution < 1.29 is 14.6 Å². The summed E-state index contributed by atoms with van der Waals surface area (Å²) in [5, 5.41) is 10.5. The molecule has 1 N–H and O–H groups in total. The minimum absolute atomic E-state index is 0.169. The number of carbonyl (C=O) groups is 1.